The van der Waals surface area contributed by atoms with Gasteiger partial charge in [-0.15, -0.1) is 0 Å². The molecule has 0 bridgehead atoms. The molecule has 0 spiro atoms. The van der Waals surface area contributed by atoms with Crippen molar-refractivity contribution in [1.29, 1.82) is 0 Å². The zero-order chi connectivity index (χ0) is 9.26. The van der Waals surface area contributed by atoms with Gasteiger partial charge in [0.05, 0.1) is 0 Å². The van der Waals surface area contributed by atoms with Crippen LogP contribution in [0.3, 0.4) is 0 Å². The quantitative estimate of drug-likeness (QED) is 0.832. The average Bonchev–Trinajstić information content (AvgIpc) is 2.47. The highest BCUT2D eigenvalue weighted by Crippen LogP contribution is 2.28. The maximum atomic E-state index is 5.41. The van der Waals surface area contributed by atoms with Gasteiger partial charge in [0, 0.05) is 5.56 Å². The Bertz CT molecular complexity index is 411. The monoisotopic (exact) mass is 238 g/mol. The molecule has 1 aromatic carbocycles. The topological polar surface area (TPSA) is 52.0 Å². The number of aromatic nitrogens is 1. The lowest BCUT2D eigenvalue weighted by Gasteiger charge is -1.93. The first-order valence-corrected chi connectivity index (χ1v) is 4.54. The van der Waals surface area contributed by atoms with E-state index in [1.165, 1.54) is 0 Å². The number of hydrogen-bond donors (Lipinski definition) is 1. The molecule has 66 valence electrons. The first-order valence-electron chi connectivity index (χ1n) is 3.74. The fourth-order valence-electron chi connectivity index (χ4n) is 1.09. The molecule has 0 unspecified atom stereocenters. The number of benzene rings is 1. The van der Waals surface area contributed by atoms with Gasteiger partial charge in [0.1, 0.15) is 5.69 Å². The third-order valence-electron chi connectivity index (χ3n) is 1.65. The third kappa shape index (κ3) is 1.58. The van der Waals surface area contributed by atoms with Crippen LogP contribution in [0.1, 0.15) is 0 Å². The highest BCUT2D eigenvalue weighted by Gasteiger charge is 2.09. The van der Waals surface area contributed by atoms with Crippen molar-refractivity contribution in [3.8, 4) is 11.3 Å². The maximum absolute atomic E-state index is 5.41. The Morgan fingerprint density at radius 2 is 1.92 bits per heavy atom. The number of anilines is 1. The van der Waals surface area contributed by atoms with Crippen LogP contribution in [0.2, 0.25) is 0 Å². The van der Waals surface area contributed by atoms with Crippen LogP contribution in [0, 0.1) is 0 Å². The molecule has 0 atom stereocenters. The molecule has 0 aliphatic carbocycles. The summed E-state index contributed by atoms with van der Waals surface area (Å²) in [7, 11) is 0. The molecule has 0 aliphatic rings. The Balaban J connectivity index is 2.53. The normalized spacial score (nSPS) is 10.2. The summed E-state index contributed by atoms with van der Waals surface area (Å²) in [6.45, 7) is 0. The summed E-state index contributed by atoms with van der Waals surface area (Å²) in [5.74, 6) is 0. The van der Waals surface area contributed by atoms with Crippen molar-refractivity contribution in [1.82, 2.24) is 4.98 Å². The number of nitrogen functional groups attached to an aromatic ring is 1. The largest absolute Gasteiger partial charge is 0.416 e. The predicted octanol–water partition coefficient (Wildman–Crippen LogP) is 2.69. The maximum Gasteiger partial charge on any atom is 0.293 e. The van der Waals surface area contributed by atoms with E-state index in [1.807, 2.05) is 30.3 Å². The van der Waals surface area contributed by atoms with Gasteiger partial charge < -0.3 is 10.2 Å². The molecule has 4 heteroatoms. The summed E-state index contributed by atoms with van der Waals surface area (Å²) < 4.78 is 5.62. The van der Waals surface area contributed by atoms with E-state index < -0.39 is 0 Å². The van der Waals surface area contributed by atoms with Crippen molar-refractivity contribution in [2.45, 2.75) is 0 Å². The van der Waals surface area contributed by atoms with Crippen LogP contribution in [0.15, 0.2) is 39.4 Å². The van der Waals surface area contributed by atoms with E-state index in [0.29, 0.717) is 4.67 Å². The second kappa shape index (κ2) is 3.22. The zero-order valence-corrected chi connectivity index (χ0v) is 8.28. The molecule has 0 radical (unpaired) electrons. The molecular weight excluding hydrogens is 232 g/mol. The van der Waals surface area contributed by atoms with Crippen molar-refractivity contribution >= 4 is 21.9 Å². The fourth-order valence-corrected chi connectivity index (χ4v) is 1.57. The average molecular weight is 239 g/mol. The lowest BCUT2D eigenvalue weighted by Crippen LogP contribution is -1.83. The molecule has 1 aromatic heterocycles. The van der Waals surface area contributed by atoms with Crippen LogP contribution in [0.4, 0.5) is 6.01 Å². The summed E-state index contributed by atoms with van der Waals surface area (Å²) in [4.78, 5) is 4.04. The van der Waals surface area contributed by atoms with Crippen molar-refractivity contribution in [3.05, 3.63) is 35.0 Å². The summed E-state index contributed by atoms with van der Waals surface area (Å²) in [6, 6.07) is 9.88. The van der Waals surface area contributed by atoms with E-state index in [2.05, 4.69) is 20.9 Å². The SMILES string of the molecule is Nc1nc(-c2ccccc2)c(Br)o1. The molecule has 0 saturated heterocycles. The van der Waals surface area contributed by atoms with Crippen LogP contribution >= 0.6 is 15.9 Å². The van der Waals surface area contributed by atoms with Gasteiger partial charge >= 0.3 is 0 Å². The molecule has 2 rings (SSSR count). The van der Waals surface area contributed by atoms with Gasteiger partial charge in [-0.25, -0.2) is 0 Å². The molecular formula is C9H7BrN2O. The van der Waals surface area contributed by atoms with Crippen LogP contribution in [-0.4, -0.2) is 4.98 Å². The van der Waals surface area contributed by atoms with Crippen molar-refractivity contribution < 1.29 is 4.42 Å². The highest BCUT2D eigenvalue weighted by atomic mass is 79.9. The van der Waals surface area contributed by atoms with E-state index in [1.54, 1.807) is 0 Å². The molecule has 3 nitrogen and oxygen atoms in total. The van der Waals surface area contributed by atoms with E-state index >= 15 is 0 Å². The van der Waals surface area contributed by atoms with Crippen LogP contribution < -0.4 is 5.73 Å². The molecule has 1 heterocycles. The van der Waals surface area contributed by atoms with E-state index in [-0.39, 0.29) is 6.01 Å². The molecule has 0 amide bonds. The second-order valence-electron chi connectivity index (χ2n) is 2.54. The lowest BCUT2D eigenvalue weighted by molar-refractivity contribution is 0.556. The molecule has 0 aliphatic heterocycles. The summed E-state index contributed by atoms with van der Waals surface area (Å²) in [6.07, 6.45) is 0. The van der Waals surface area contributed by atoms with Gasteiger partial charge in [-0.1, -0.05) is 30.3 Å². The molecule has 2 N–H and O–H groups in total. The summed E-state index contributed by atoms with van der Waals surface area (Å²) in [5, 5.41) is 0. The summed E-state index contributed by atoms with van der Waals surface area (Å²) >= 11 is 3.24. The molecule has 0 fully saturated rings. The van der Waals surface area contributed by atoms with Gasteiger partial charge in [0.15, 0.2) is 4.67 Å². The van der Waals surface area contributed by atoms with Crippen LogP contribution in [0.5, 0.6) is 0 Å². The standard InChI is InChI=1S/C9H7BrN2O/c10-8-7(12-9(11)13-8)6-4-2-1-3-5-6/h1-5H,(H2,11,12). The van der Waals surface area contributed by atoms with E-state index in [9.17, 15) is 0 Å². The number of oxazole rings is 1. The fraction of sp³-hybridized carbons (Fsp3) is 0. The molecule has 13 heavy (non-hydrogen) atoms. The minimum absolute atomic E-state index is 0.172. The highest BCUT2D eigenvalue weighted by molar-refractivity contribution is 9.10. The number of nitrogens with zero attached hydrogens (tertiary/aromatic N) is 1. The smallest absolute Gasteiger partial charge is 0.293 e. The van der Waals surface area contributed by atoms with Crippen molar-refractivity contribution in [2.24, 2.45) is 0 Å². The number of nitrogens with two attached hydrogens (primary N) is 1. The Labute approximate surface area is 83.7 Å². The zero-order valence-electron chi connectivity index (χ0n) is 6.70. The second-order valence-corrected chi connectivity index (χ2v) is 3.26. The van der Waals surface area contributed by atoms with E-state index in [4.69, 9.17) is 10.2 Å². The molecule has 0 saturated carbocycles. The number of halogens is 1. The van der Waals surface area contributed by atoms with Gasteiger partial charge in [0.25, 0.3) is 6.01 Å². The Hall–Kier alpha value is -1.29. The van der Waals surface area contributed by atoms with Crippen LogP contribution in [-0.2, 0) is 0 Å². The molecule has 2 aromatic rings. The van der Waals surface area contributed by atoms with E-state index in [0.717, 1.165) is 11.3 Å². The Morgan fingerprint density at radius 3 is 2.46 bits per heavy atom. The number of hydrogen-bond acceptors (Lipinski definition) is 3. The van der Waals surface area contributed by atoms with Crippen molar-refractivity contribution in [3.63, 3.8) is 0 Å². The first kappa shape index (κ1) is 8.31. The van der Waals surface area contributed by atoms with Crippen LogP contribution in [0.25, 0.3) is 11.3 Å². The van der Waals surface area contributed by atoms with Gasteiger partial charge in [0.2, 0.25) is 0 Å². The minimum Gasteiger partial charge on any atom is -0.416 e. The predicted molar refractivity (Wildman–Crippen MR) is 54.1 cm³/mol. The summed E-state index contributed by atoms with van der Waals surface area (Å²) in [5.41, 5.74) is 7.12. The number of rotatable bonds is 1. The van der Waals surface area contributed by atoms with Gasteiger partial charge in [-0.2, -0.15) is 4.98 Å². The van der Waals surface area contributed by atoms with Gasteiger partial charge in [-0.05, 0) is 15.9 Å². The lowest BCUT2D eigenvalue weighted by atomic mass is 10.2. The Kier molecular flexibility index (Phi) is 2.06. The minimum atomic E-state index is 0.172. The first-order chi connectivity index (χ1) is 6.27. The Morgan fingerprint density at radius 1 is 1.23 bits per heavy atom. The van der Waals surface area contributed by atoms with Crippen molar-refractivity contribution in [2.75, 3.05) is 5.73 Å². The third-order valence-corrected chi connectivity index (χ3v) is 2.19. The van der Waals surface area contributed by atoms with Gasteiger partial charge in [-0.3, -0.25) is 0 Å².